The zero-order chi connectivity index (χ0) is 17.9. The topological polar surface area (TPSA) is 41.1 Å². The molecule has 0 amide bonds. The van der Waals surface area contributed by atoms with Crippen LogP contribution in [0.25, 0.3) is 10.9 Å². The molecule has 5 heteroatoms. The largest absolute Gasteiger partial charge is 0.365 e. The molecule has 4 nitrogen and oxygen atoms in total. The molecule has 1 fully saturated rings. The fourth-order valence-corrected chi connectivity index (χ4v) is 3.57. The molecular formula is C21H23ClN4. The SMILES string of the molecule is CC1CCN(c2nc(NCc3ccccc3Cl)c3ccccc3n2)CC1. The summed E-state index contributed by atoms with van der Waals surface area (Å²) < 4.78 is 0. The Labute approximate surface area is 159 Å². The Morgan fingerprint density at radius 2 is 1.77 bits per heavy atom. The van der Waals surface area contributed by atoms with E-state index in [-0.39, 0.29) is 0 Å². The summed E-state index contributed by atoms with van der Waals surface area (Å²) in [6.45, 7) is 4.99. The van der Waals surface area contributed by atoms with Crippen molar-refractivity contribution in [3.05, 3.63) is 59.1 Å². The number of hydrogen-bond donors (Lipinski definition) is 1. The van der Waals surface area contributed by atoms with Crippen LogP contribution in [-0.4, -0.2) is 23.1 Å². The van der Waals surface area contributed by atoms with Gasteiger partial charge in [0.1, 0.15) is 5.82 Å². The third-order valence-corrected chi connectivity index (χ3v) is 5.43. The van der Waals surface area contributed by atoms with Crippen molar-refractivity contribution < 1.29 is 0 Å². The van der Waals surface area contributed by atoms with Crippen LogP contribution in [0, 0.1) is 5.92 Å². The summed E-state index contributed by atoms with van der Waals surface area (Å²) in [5.41, 5.74) is 2.03. The van der Waals surface area contributed by atoms with Crippen LogP contribution in [0.5, 0.6) is 0 Å². The Kier molecular flexibility index (Phi) is 4.93. The lowest BCUT2D eigenvalue weighted by molar-refractivity contribution is 0.435. The summed E-state index contributed by atoms with van der Waals surface area (Å²) in [5, 5.41) is 5.27. The van der Waals surface area contributed by atoms with Gasteiger partial charge in [-0.05, 0) is 42.5 Å². The van der Waals surface area contributed by atoms with E-state index in [4.69, 9.17) is 21.6 Å². The standard InChI is InChI=1S/C21H23ClN4/c1-15-10-12-26(13-11-15)21-24-19-9-5-3-7-17(19)20(25-21)23-14-16-6-2-4-8-18(16)22/h2-9,15H,10-14H2,1H3,(H,23,24,25). The van der Waals surface area contributed by atoms with Gasteiger partial charge in [-0.25, -0.2) is 4.98 Å². The van der Waals surface area contributed by atoms with Crippen molar-refractivity contribution in [2.75, 3.05) is 23.3 Å². The molecule has 2 aromatic carbocycles. The second kappa shape index (κ2) is 7.50. The average molecular weight is 367 g/mol. The molecule has 0 atom stereocenters. The molecule has 3 aromatic rings. The van der Waals surface area contributed by atoms with Crippen molar-refractivity contribution in [3.63, 3.8) is 0 Å². The van der Waals surface area contributed by atoms with Gasteiger partial charge in [-0.15, -0.1) is 0 Å². The van der Waals surface area contributed by atoms with E-state index in [9.17, 15) is 0 Å². The number of piperidine rings is 1. The number of aromatic nitrogens is 2. The predicted molar refractivity (Wildman–Crippen MR) is 109 cm³/mol. The molecule has 26 heavy (non-hydrogen) atoms. The van der Waals surface area contributed by atoms with E-state index in [0.29, 0.717) is 6.54 Å². The van der Waals surface area contributed by atoms with Gasteiger partial charge in [-0.2, -0.15) is 4.98 Å². The van der Waals surface area contributed by atoms with Gasteiger partial charge in [-0.1, -0.05) is 48.9 Å². The van der Waals surface area contributed by atoms with E-state index >= 15 is 0 Å². The number of rotatable bonds is 4. The molecule has 0 spiro atoms. The number of fused-ring (bicyclic) bond motifs is 1. The van der Waals surface area contributed by atoms with Crippen molar-refractivity contribution in [2.45, 2.75) is 26.3 Å². The van der Waals surface area contributed by atoms with Gasteiger partial charge in [0.15, 0.2) is 0 Å². The van der Waals surface area contributed by atoms with Crippen molar-refractivity contribution in [1.82, 2.24) is 9.97 Å². The van der Waals surface area contributed by atoms with Crippen molar-refractivity contribution in [1.29, 1.82) is 0 Å². The van der Waals surface area contributed by atoms with Gasteiger partial charge < -0.3 is 10.2 Å². The first-order valence-corrected chi connectivity index (χ1v) is 9.57. The van der Waals surface area contributed by atoms with Gasteiger partial charge in [0.05, 0.1) is 5.52 Å². The highest BCUT2D eigenvalue weighted by molar-refractivity contribution is 6.31. The zero-order valence-corrected chi connectivity index (χ0v) is 15.7. The minimum Gasteiger partial charge on any atom is -0.365 e. The molecule has 1 saturated heterocycles. The molecule has 0 aliphatic carbocycles. The monoisotopic (exact) mass is 366 g/mol. The van der Waals surface area contributed by atoms with E-state index in [2.05, 4.69) is 23.2 Å². The summed E-state index contributed by atoms with van der Waals surface area (Å²) in [5.74, 6) is 2.46. The van der Waals surface area contributed by atoms with Crippen LogP contribution in [0.15, 0.2) is 48.5 Å². The second-order valence-electron chi connectivity index (χ2n) is 7.00. The fourth-order valence-electron chi connectivity index (χ4n) is 3.37. The summed E-state index contributed by atoms with van der Waals surface area (Å²) in [4.78, 5) is 12.0. The molecule has 0 radical (unpaired) electrons. The lowest BCUT2D eigenvalue weighted by Crippen LogP contribution is -2.34. The maximum absolute atomic E-state index is 6.29. The van der Waals surface area contributed by atoms with Crippen LogP contribution in [0.3, 0.4) is 0 Å². The van der Waals surface area contributed by atoms with Crippen LogP contribution < -0.4 is 10.2 Å². The van der Waals surface area contributed by atoms with Crippen molar-refractivity contribution >= 4 is 34.3 Å². The average Bonchev–Trinajstić information content (AvgIpc) is 2.67. The number of hydrogen-bond acceptors (Lipinski definition) is 4. The molecule has 2 heterocycles. The molecule has 1 N–H and O–H groups in total. The van der Waals surface area contributed by atoms with Crippen LogP contribution in [-0.2, 0) is 6.54 Å². The van der Waals surface area contributed by atoms with Crippen LogP contribution in [0.4, 0.5) is 11.8 Å². The number of nitrogens with zero attached hydrogens (tertiary/aromatic N) is 3. The minimum atomic E-state index is 0.636. The molecule has 0 bridgehead atoms. The van der Waals surface area contributed by atoms with E-state index in [1.54, 1.807) is 0 Å². The third-order valence-electron chi connectivity index (χ3n) is 5.06. The molecule has 134 valence electrons. The summed E-state index contributed by atoms with van der Waals surface area (Å²) in [7, 11) is 0. The molecule has 1 aliphatic heterocycles. The van der Waals surface area contributed by atoms with E-state index in [1.165, 1.54) is 12.8 Å². The number of nitrogens with one attached hydrogen (secondary N) is 1. The van der Waals surface area contributed by atoms with Gasteiger partial charge >= 0.3 is 0 Å². The Bertz CT molecular complexity index is 903. The highest BCUT2D eigenvalue weighted by atomic mass is 35.5. The smallest absolute Gasteiger partial charge is 0.227 e. The Hall–Kier alpha value is -2.33. The van der Waals surface area contributed by atoms with Gasteiger partial charge in [-0.3, -0.25) is 0 Å². The lowest BCUT2D eigenvalue weighted by atomic mass is 10.00. The van der Waals surface area contributed by atoms with Crippen molar-refractivity contribution in [2.24, 2.45) is 5.92 Å². The minimum absolute atomic E-state index is 0.636. The van der Waals surface area contributed by atoms with E-state index in [0.717, 1.165) is 52.3 Å². The Morgan fingerprint density at radius 3 is 2.58 bits per heavy atom. The van der Waals surface area contributed by atoms with Crippen molar-refractivity contribution in [3.8, 4) is 0 Å². The fraction of sp³-hybridized carbons (Fsp3) is 0.333. The quantitative estimate of drug-likeness (QED) is 0.694. The number of halogens is 1. The van der Waals surface area contributed by atoms with E-state index in [1.807, 2.05) is 42.5 Å². The Morgan fingerprint density at radius 1 is 1.04 bits per heavy atom. The Balaban J connectivity index is 1.65. The first kappa shape index (κ1) is 17.1. The number of para-hydroxylation sites is 1. The molecular weight excluding hydrogens is 344 g/mol. The third kappa shape index (κ3) is 3.61. The highest BCUT2D eigenvalue weighted by Gasteiger charge is 2.19. The van der Waals surface area contributed by atoms with Crippen LogP contribution in [0.2, 0.25) is 5.02 Å². The maximum atomic E-state index is 6.29. The maximum Gasteiger partial charge on any atom is 0.227 e. The first-order chi connectivity index (χ1) is 12.7. The molecule has 0 saturated carbocycles. The second-order valence-corrected chi connectivity index (χ2v) is 7.41. The molecule has 4 rings (SSSR count). The van der Waals surface area contributed by atoms with Gasteiger partial charge in [0, 0.05) is 30.0 Å². The number of benzene rings is 2. The normalized spacial score (nSPS) is 15.4. The summed E-state index contributed by atoms with van der Waals surface area (Å²) >= 11 is 6.29. The van der Waals surface area contributed by atoms with E-state index < -0.39 is 0 Å². The highest BCUT2D eigenvalue weighted by Crippen LogP contribution is 2.27. The molecule has 1 aromatic heterocycles. The van der Waals surface area contributed by atoms with Crippen LogP contribution >= 0.6 is 11.6 Å². The number of anilines is 2. The first-order valence-electron chi connectivity index (χ1n) is 9.20. The van der Waals surface area contributed by atoms with Gasteiger partial charge in [0.2, 0.25) is 5.95 Å². The molecule has 1 aliphatic rings. The summed E-state index contributed by atoms with van der Waals surface area (Å²) in [6, 6.07) is 16.1. The van der Waals surface area contributed by atoms with Crippen LogP contribution in [0.1, 0.15) is 25.3 Å². The summed E-state index contributed by atoms with van der Waals surface area (Å²) in [6.07, 6.45) is 2.39. The molecule has 0 unspecified atom stereocenters. The lowest BCUT2D eigenvalue weighted by Gasteiger charge is -2.30. The predicted octanol–water partition coefficient (Wildman–Crippen LogP) is 5.13. The zero-order valence-electron chi connectivity index (χ0n) is 15.0. The van der Waals surface area contributed by atoms with Gasteiger partial charge in [0.25, 0.3) is 0 Å².